The van der Waals surface area contributed by atoms with Gasteiger partial charge < -0.3 is 16.2 Å². The highest BCUT2D eigenvalue weighted by Gasteiger charge is 2.17. The number of amides is 1. The van der Waals surface area contributed by atoms with Gasteiger partial charge in [-0.1, -0.05) is 0 Å². The number of rotatable bonds is 5. The van der Waals surface area contributed by atoms with Gasteiger partial charge in [0, 0.05) is 17.8 Å². The summed E-state index contributed by atoms with van der Waals surface area (Å²) >= 11 is 0. The summed E-state index contributed by atoms with van der Waals surface area (Å²) in [6.07, 6.45) is -0.487. The third kappa shape index (κ3) is 5.32. The molecule has 0 heterocycles. The lowest BCUT2D eigenvalue weighted by molar-refractivity contribution is -0.384. The van der Waals surface area contributed by atoms with Gasteiger partial charge in [-0.15, -0.1) is 12.4 Å². The van der Waals surface area contributed by atoms with E-state index in [1.54, 1.807) is 0 Å². The van der Waals surface area contributed by atoms with Gasteiger partial charge in [-0.3, -0.25) is 19.7 Å². The van der Waals surface area contributed by atoms with E-state index < -0.39 is 29.3 Å². The van der Waals surface area contributed by atoms with Crippen molar-refractivity contribution in [2.75, 3.05) is 5.32 Å². The Hall–Kier alpha value is -2.19. The summed E-state index contributed by atoms with van der Waals surface area (Å²) < 4.78 is 0. The van der Waals surface area contributed by atoms with E-state index in [2.05, 4.69) is 5.32 Å². The summed E-state index contributed by atoms with van der Waals surface area (Å²) in [6, 6.07) is 3.95. The highest BCUT2D eigenvalue weighted by Crippen LogP contribution is 2.15. The van der Waals surface area contributed by atoms with Crippen LogP contribution in [0.25, 0.3) is 0 Å². The molecule has 1 rings (SSSR count). The zero-order valence-corrected chi connectivity index (χ0v) is 10.4. The number of carbonyl (C=O) groups excluding carboxylic acids is 1. The standard InChI is InChI=1S/C10H11N3O5.ClH/c11-8(5-9(14)15)10(16)12-6-1-3-7(4-2-6)13(17)18;/h1-4,8H,5,11H2,(H,12,16)(H,14,15);1H. The first-order chi connectivity index (χ1) is 8.40. The quantitative estimate of drug-likeness (QED) is 0.541. The Morgan fingerprint density at radius 3 is 2.32 bits per heavy atom. The van der Waals surface area contributed by atoms with Crippen LogP contribution in [0.1, 0.15) is 6.42 Å². The summed E-state index contributed by atoms with van der Waals surface area (Å²) in [7, 11) is 0. The van der Waals surface area contributed by atoms with Crippen molar-refractivity contribution in [3.05, 3.63) is 34.4 Å². The van der Waals surface area contributed by atoms with Crippen LogP contribution >= 0.6 is 12.4 Å². The minimum Gasteiger partial charge on any atom is -0.481 e. The second-order valence-corrected chi connectivity index (χ2v) is 3.50. The number of nitrogens with two attached hydrogens (primary N) is 1. The van der Waals surface area contributed by atoms with Crippen LogP contribution in [0.5, 0.6) is 0 Å². The van der Waals surface area contributed by atoms with Crippen molar-refractivity contribution in [1.82, 2.24) is 0 Å². The lowest BCUT2D eigenvalue weighted by Gasteiger charge is -2.09. The maximum atomic E-state index is 11.4. The van der Waals surface area contributed by atoms with Gasteiger partial charge in [0.2, 0.25) is 5.91 Å². The smallest absolute Gasteiger partial charge is 0.305 e. The lowest BCUT2D eigenvalue weighted by atomic mass is 10.2. The van der Waals surface area contributed by atoms with Crippen LogP contribution in [-0.4, -0.2) is 27.9 Å². The highest BCUT2D eigenvalue weighted by molar-refractivity contribution is 5.96. The Balaban J connectivity index is 0.00000324. The maximum absolute atomic E-state index is 11.4. The molecule has 9 heteroatoms. The third-order valence-corrected chi connectivity index (χ3v) is 2.08. The maximum Gasteiger partial charge on any atom is 0.305 e. The molecule has 1 amide bonds. The number of hydrogen-bond donors (Lipinski definition) is 3. The zero-order chi connectivity index (χ0) is 13.7. The molecule has 1 atom stereocenters. The molecule has 0 saturated carbocycles. The van der Waals surface area contributed by atoms with Gasteiger partial charge in [0.05, 0.1) is 17.4 Å². The molecule has 1 unspecified atom stereocenters. The van der Waals surface area contributed by atoms with Gasteiger partial charge in [0.1, 0.15) is 0 Å². The summed E-state index contributed by atoms with van der Waals surface area (Å²) in [5.41, 5.74) is 5.55. The normalized spacial score (nSPS) is 11.0. The average molecular weight is 290 g/mol. The van der Waals surface area contributed by atoms with Crippen molar-refractivity contribution in [1.29, 1.82) is 0 Å². The fourth-order valence-corrected chi connectivity index (χ4v) is 1.18. The number of anilines is 1. The number of nitrogens with one attached hydrogen (secondary N) is 1. The van der Waals surface area contributed by atoms with Crippen LogP contribution < -0.4 is 11.1 Å². The van der Waals surface area contributed by atoms with E-state index in [9.17, 15) is 19.7 Å². The van der Waals surface area contributed by atoms with E-state index >= 15 is 0 Å². The van der Waals surface area contributed by atoms with Gasteiger partial charge >= 0.3 is 5.97 Å². The van der Waals surface area contributed by atoms with E-state index in [1.165, 1.54) is 24.3 Å². The Bertz CT molecular complexity index is 477. The summed E-state index contributed by atoms with van der Waals surface area (Å²) in [4.78, 5) is 31.6. The van der Waals surface area contributed by atoms with E-state index in [0.29, 0.717) is 5.69 Å². The lowest BCUT2D eigenvalue weighted by Crippen LogP contribution is -2.37. The number of aliphatic carboxylic acids is 1. The molecule has 19 heavy (non-hydrogen) atoms. The Morgan fingerprint density at radius 1 is 1.37 bits per heavy atom. The van der Waals surface area contributed by atoms with Crippen molar-refractivity contribution in [3.63, 3.8) is 0 Å². The molecule has 0 aliphatic heterocycles. The van der Waals surface area contributed by atoms with E-state index in [0.717, 1.165) is 0 Å². The number of hydrogen-bond acceptors (Lipinski definition) is 5. The highest BCUT2D eigenvalue weighted by atomic mass is 35.5. The molecule has 8 nitrogen and oxygen atoms in total. The molecular weight excluding hydrogens is 278 g/mol. The van der Waals surface area contributed by atoms with Gasteiger partial charge in [0.15, 0.2) is 0 Å². The average Bonchev–Trinajstić information content (AvgIpc) is 2.28. The number of halogens is 1. The van der Waals surface area contributed by atoms with Crippen molar-refractivity contribution in [3.8, 4) is 0 Å². The van der Waals surface area contributed by atoms with Crippen LogP contribution in [0.4, 0.5) is 11.4 Å². The van der Waals surface area contributed by atoms with E-state index in [-0.39, 0.29) is 18.1 Å². The summed E-state index contributed by atoms with van der Waals surface area (Å²) in [5, 5.41) is 21.2. The topological polar surface area (TPSA) is 136 Å². The van der Waals surface area contributed by atoms with Crippen LogP contribution in [0, 0.1) is 10.1 Å². The minimum absolute atomic E-state index is 0. The van der Waals surface area contributed by atoms with E-state index in [1.807, 2.05) is 0 Å². The summed E-state index contributed by atoms with van der Waals surface area (Å²) in [6.45, 7) is 0. The second-order valence-electron chi connectivity index (χ2n) is 3.50. The zero-order valence-electron chi connectivity index (χ0n) is 9.61. The van der Waals surface area contributed by atoms with Crippen molar-refractivity contribution < 1.29 is 19.6 Å². The monoisotopic (exact) mass is 289 g/mol. The number of benzene rings is 1. The molecule has 4 N–H and O–H groups in total. The van der Waals surface area contributed by atoms with Crippen LogP contribution in [0.3, 0.4) is 0 Å². The molecule has 0 aliphatic carbocycles. The first kappa shape index (κ1) is 16.8. The van der Waals surface area contributed by atoms with Crippen molar-refractivity contribution >= 4 is 35.7 Å². The van der Waals surface area contributed by atoms with Gasteiger partial charge in [-0.2, -0.15) is 0 Å². The molecule has 0 radical (unpaired) electrons. The summed E-state index contributed by atoms with van der Waals surface area (Å²) in [5.74, 6) is -1.84. The Kier molecular flexibility index (Phi) is 6.45. The Morgan fingerprint density at radius 2 is 1.89 bits per heavy atom. The predicted octanol–water partition coefficient (Wildman–Crippen LogP) is 0.757. The third-order valence-electron chi connectivity index (χ3n) is 2.08. The fraction of sp³-hybridized carbons (Fsp3) is 0.200. The first-order valence-corrected chi connectivity index (χ1v) is 4.93. The van der Waals surface area contributed by atoms with Crippen molar-refractivity contribution in [2.24, 2.45) is 5.73 Å². The predicted molar refractivity (Wildman–Crippen MR) is 69.2 cm³/mol. The fourth-order valence-electron chi connectivity index (χ4n) is 1.18. The molecule has 0 saturated heterocycles. The second kappa shape index (κ2) is 7.29. The number of nitrogens with zero attached hydrogens (tertiary/aromatic N) is 1. The first-order valence-electron chi connectivity index (χ1n) is 4.93. The SMILES string of the molecule is Cl.NC(CC(=O)O)C(=O)Nc1ccc([N+](=O)[O-])cc1. The van der Waals surface area contributed by atoms with Crippen LogP contribution in [0.2, 0.25) is 0 Å². The number of carbonyl (C=O) groups is 2. The number of non-ortho nitro benzene ring substituents is 1. The van der Waals surface area contributed by atoms with E-state index in [4.69, 9.17) is 10.8 Å². The van der Waals surface area contributed by atoms with Gasteiger partial charge in [0.25, 0.3) is 5.69 Å². The van der Waals surface area contributed by atoms with Crippen LogP contribution in [-0.2, 0) is 9.59 Å². The Labute approximate surface area is 114 Å². The number of nitro groups is 1. The molecule has 0 spiro atoms. The molecule has 1 aromatic rings. The van der Waals surface area contributed by atoms with Gasteiger partial charge in [-0.25, -0.2) is 0 Å². The molecular formula is C10H12ClN3O5. The largest absolute Gasteiger partial charge is 0.481 e. The molecule has 0 aliphatic rings. The molecule has 0 bridgehead atoms. The molecule has 104 valence electrons. The number of carboxylic acids is 1. The molecule has 0 aromatic heterocycles. The minimum atomic E-state index is -1.18. The number of carboxylic acid groups (broad SMARTS) is 1. The van der Waals surface area contributed by atoms with Crippen LogP contribution in [0.15, 0.2) is 24.3 Å². The van der Waals surface area contributed by atoms with Crippen molar-refractivity contribution in [2.45, 2.75) is 12.5 Å². The molecule has 1 aromatic carbocycles. The molecule has 0 fully saturated rings. The number of nitro benzene ring substituents is 1. The van der Waals surface area contributed by atoms with Gasteiger partial charge in [-0.05, 0) is 12.1 Å².